The topological polar surface area (TPSA) is 13.1 Å². The molecule has 0 amide bonds. The molecule has 70 heavy (non-hydrogen) atoms. The Balaban J connectivity index is 0.763. The molecule has 0 aliphatic heterocycles. The molecule has 1 heteroatoms. The quantitative estimate of drug-likeness (QED) is 0.161. The molecule has 13 aromatic rings. The molecular weight excluding hydrogens is 845 g/mol. The lowest BCUT2D eigenvalue weighted by Gasteiger charge is -2.15. The Morgan fingerprint density at radius 3 is 1.46 bits per heavy atom. The standard InChI is InChI=1S/C69H44O/c1-43-22-23-44(12-2-3-15-52(36-43)64-39-53-16-6-10-20-58(53)68-56-18-8-4-13-45(56)28-34-62(64)68)50-30-32-60-61-33-31-51(42-67(61)70-66(60)41-50)48-24-25-49-38-55(27-26-47(49)37-48)65-40-54-17-7-11-21-59(54)69-57-19-9-5-14-46(57)29-35-63(65)69/h3-42H,1-2H2/b15-3-,23-22-,44-12+,52-36+. The van der Waals surface area contributed by atoms with Gasteiger partial charge in [-0.1, -0.05) is 195 Å². The first-order valence-corrected chi connectivity index (χ1v) is 24.2. The molecule has 0 atom stereocenters. The van der Waals surface area contributed by atoms with Crippen LogP contribution in [0.25, 0.3) is 131 Å². The van der Waals surface area contributed by atoms with Gasteiger partial charge < -0.3 is 4.42 Å². The predicted molar refractivity (Wildman–Crippen MR) is 302 cm³/mol. The molecule has 0 unspecified atom stereocenters. The van der Waals surface area contributed by atoms with Gasteiger partial charge in [0.15, 0.2) is 0 Å². The summed E-state index contributed by atoms with van der Waals surface area (Å²) < 4.78 is 6.68. The molecule has 326 valence electrons. The first kappa shape index (κ1) is 40.1. The molecule has 0 fully saturated rings. The summed E-state index contributed by atoms with van der Waals surface area (Å²) in [7, 11) is 0. The Morgan fingerprint density at radius 2 is 0.800 bits per heavy atom. The molecule has 12 aromatic carbocycles. The van der Waals surface area contributed by atoms with E-state index < -0.39 is 0 Å². The monoisotopic (exact) mass is 888 g/mol. The molecule has 1 aliphatic rings. The van der Waals surface area contributed by atoms with Crippen LogP contribution in [0.1, 0.15) is 17.5 Å². The van der Waals surface area contributed by atoms with Gasteiger partial charge in [-0.15, -0.1) is 0 Å². The van der Waals surface area contributed by atoms with Gasteiger partial charge in [0.25, 0.3) is 0 Å². The van der Waals surface area contributed by atoms with Crippen LogP contribution in [0, 0.1) is 0 Å². The Morgan fingerprint density at radius 1 is 0.329 bits per heavy atom. The van der Waals surface area contributed by atoms with E-state index in [-0.39, 0.29) is 0 Å². The van der Waals surface area contributed by atoms with Gasteiger partial charge >= 0.3 is 0 Å². The smallest absolute Gasteiger partial charge is 0.136 e. The van der Waals surface area contributed by atoms with Crippen LogP contribution in [-0.2, 0) is 0 Å². The summed E-state index contributed by atoms with van der Waals surface area (Å²) in [6.07, 6.45) is 14.2. The first-order chi connectivity index (χ1) is 34.6. The van der Waals surface area contributed by atoms with E-state index in [4.69, 9.17) is 4.42 Å². The third-order valence-electron chi connectivity index (χ3n) is 14.7. The fraction of sp³-hybridized carbons (Fsp3) is 0.0145. The van der Waals surface area contributed by atoms with Crippen molar-refractivity contribution >= 4 is 108 Å². The third kappa shape index (κ3) is 6.62. The first-order valence-electron chi connectivity index (χ1n) is 24.2. The second kappa shape index (κ2) is 16.0. The number of hydrogen-bond donors (Lipinski definition) is 0. The lowest BCUT2D eigenvalue weighted by atomic mass is 9.89. The molecule has 1 heterocycles. The van der Waals surface area contributed by atoms with Gasteiger partial charge in [-0.3, -0.25) is 0 Å². The zero-order valence-corrected chi connectivity index (χ0v) is 38.4. The average molecular weight is 889 g/mol. The van der Waals surface area contributed by atoms with Crippen LogP contribution in [0.2, 0.25) is 0 Å². The number of benzene rings is 12. The van der Waals surface area contributed by atoms with Crippen LogP contribution in [0.5, 0.6) is 0 Å². The van der Waals surface area contributed by atoms with Gasteiger partial charge in [-0.25, -0.2) is 0 Å². The summed E-state index contributed by atoms with van der Waals surface area (Å²) in [5.74, 6) is 0. The molecule has 0 spiro atoms. The van der Waals surface area contributed by atoms with Gasteiger partial charge in [0, 0.05) is 10.8 Å². The van der Waals surface area contributed by atoms with E-state index >= 15 is 0 Å². The minimum absolute atomic E-state index is 0.782. The number of rotatable bonds is 4. The molecule has 0 N–H and O–H groups in total. The highest BCUT2D eigenvalue weighted by Crippen LogP contribution is 2.42. The van der Waals surface area contributed by atoms with Crippen LogP contribution in [0.4, 0.5) is 0 Å². The largest absolute Gasteiger partial charge is 0.456 e. The van der Waals surface area contributed by atoms with E-state index in [9.17, 15) is 0 Å². The summed E-state index contributed by atoms with van der Waals surface area (Å²) in [5, 5.41) is 19.9. The summed E-state index contributed by atoms with van der Waals surface area (Å²) in [4.78, 5) is 0. The highest BCUT2D eigenvalue weighted by Gasteiger charge is 2.16. The van der Waals surface area contributed by atoms with E-state index in [1.54, 1.807) is 0 Å². The van der Waals surface area contributed by atoms with Gasteiger partial charge in [0.2, 0.25) is 0 Å². The van der Waals surface area contributed by atoms with Crippen molar-refractivity contribution in [2.24, 2.45) is 0 Å². The van der Waals surface area contributed by atoms with Crippen LogP contribution in [0.15, 0.2) is 259 Å². The average Bonchev–Trinajstić information content (AvgIpc) is 3.78. The lowest BCUT2D eigenvalue weighted by Crippen LogP contribution is -1.90. The minimum Gasteiger partial charge on any atom is -0.456 e. The molecule has 0 saturated heterocycles. The number of hydrogen-bond acceptors (Lipinski definition) is 1. The number of allylic oxidation sites excluding steroid dienone is 9. The van der Waals surface area contributed by atoms with Crippen molar-refractivity contribution in [1.82, 2.24) is 0 Å². The van der Waals surface area contributed by atoms with Crippen molar-refractivity contribution in [3.8, 4) is 22.3 Å². The fourth-order valence-corrected chi connectivity index (χ4v) is 11.3. The molecule has 0 bridgehead atoms. The van der Waals surface area contributed by atoms with Crippen molar-refractivity contribution in [3.63, 3.8) is 0 Å². The zero-order chi connectivity index (χ0) is 46.3. The maximum absolute atomic E-state index is 6.68. The molecule has 1 nitrogen and oxygen atoms in total. The molecule has 1 aromatic heterocycles. The zero-order valence-electron chi connectivity index (χ0n) is 38.4. The van der Waals surface area contributed by atoms with Crippen LogP contribution in [-0.4, -0.2) is 0 Å². The number of furan rings is 1. The maximum Gasteiger partial charge on any atom is 0.136 e. The van der Waals surface area contributed by atoms with Crippen molar-refractivity contribution in [1.29, 1.82) is 0 Å². The van der Waals surface area contributed by atoms with Gasteiger partial charge in [0.1, 0.15) is 11.2 Å². The Labute approximate surface area is 405 Å². The molecule has 0 radical (unpaired) electrons. The Kier molecular flexibility index (Phi) is 9.19. The van der Waals surface area contributed by atoms with E-state index in [1.807, 2.05) is 0 Å². The van der Waals surface area contributed by atoms with Crippen LogP contribution in [0.3, 0.4) is 0 Å². The SMILES string of the molecule is C=C1/C=C\C(c2ccc3c(c2)oc2cc(-c4ccc5cc(-c6cc7ccccc7c7c6ccc6ccccc67)ccc5c4)ccc23)=C/C/C=C\C(c2cc3ccccc3c3c2ccc2ccccc23)=C/1. The minimum atomic E-state index is 0.782. The molecule has 1 aliphatic carbocycles. The van der Waals surface area contributed by atoms with E-state index in [1.165, 1.54) is 92.1 Å². The van der Waals surface area contributed by atoms with Crippen molar-refractivity contribution < 1.29 is 4.42 Å². The normalized spacial score (nSPS) is 15.9. The summed E-state index contributed by atoms with van der Waals surface area (Å²) in [5.41, 5.74) is 12.1. The fourth-order valence-electron chi connectivity index (χ4n) is 11.3. The molecule has 14 rings (SSSR count). The van der Waals surface area contributed by atoms with E-state index in [0.717, 1.165) is 61.8 Å². The maximum atomic E-state index is 6.68. The predicted octanol–water partition coefficient (Wildman–Crippen LogP) is 19.5. The van der Waals surface area contributed by atoms with Crippen molar-refractivity contribution in [3.05, 3.63) is 266 Å². The van der Waals surface area contributed by atoms with Gasteiger partial charge in [-0.2, -0.15) is 0 Å². The lowest BCUT2D eigenvalue weighted by molar-refractivity contribution is 0.669. The van der Waals surface area contributed by atoms with Gasteiger partial charge in [0.05, 0.1) is 0 Å². The van der Waals surface area contributed by atoms with E-state index in [0.29, 0.717) is 0 Å². The third-order valence-corrected chi connectivity index (χ3v) is 14.7. The summed E-state index contributed by atoms with van der Waals surface area (Å²) >= 11 is 0. The second-order valence-electron chi connectivity index (χ2n) is 18.8. The van der Waals surface area contributed by atoms with E-state index in [2.05, 4.69) is 249 Å². The second-order valence-corrected chi connectivity index (χ2v) is 18.8. The molecular formula is C69H44O. The highest BCUT2D eigenvalue weighted by atomic mass is 16.3. The van der Waals surface area contributed by atoms with Crippen LogP contribution >= 0.6 is 0 Å². The van der Waals surface area contributed by atoms with Crippen molar-refractivity contribution in [2.45, 2.75) is 6.42 Å². The van der Waals surface area contributed by atoms with Crippen molar-refractivity contribution in [2.75, 3.05) is 0 Å². The Hall–Kier alpha value is -9.04. The summed E-state index contributed by atoms with van der Waals surface area (Å²) in [6.45, 7) is 4.51. The molecule has 0 saturated carbocycles. The van der Waals surface area contributed by atoms with Gasteiger partial charge in [-0.05, 0) is 187 Å². The highest BCUT2D eigenvalue weighted by molar-refractivity contribution is 6.25. The Bertz CT molecular complexity index is 4480. The number of fused-ring (bicyclic) bond motifs is 14. The van der Waals surface area contributed by atoms with Crippen LogP contribution < -0.4 is 0 Å². The summed E-state index contributed by atoms with van der Waals surface area (Å²) in [6, 6.07) is 75.7.